The van der Waals surface area contributed by atoms with E-state index in [4.69, 9.17) is 11.6 Å². The summed E-state index contributed by atoms with van der Waals surface area (Å²) in [5, 5.41) is 2.62. The average Bonchev–Trinajstić information content (AvgIpc) is 3.06. The number of anilines is 1. The molecule has 0 aliphatic carbocycles. The lowest BCUT2D eigenvalue weighted by atomic mass is 10.0. The molecule has 0 saturated carbocycles. The highest BCUT2D eigenvalue weighted by Crippen LogP contribution is 2.37. The van der Waals surface area contributed by atoms with Gasteiger partial charge in [-0.05, 0) is 54.8 Å². The molecular weight excluding hydrogens is 651 g/mol. The third-order valence-electron chi connectivity index (χ3n) is 7.62. The van der Waals surface area contributed by atoms with Crippen LogP contribution in [0.5, 0.6) is 0 Å². The van der Waals surface area contributed by atoms with Crippen molar-refractivity contribution >= 4 is 39.1 Å². The summed E-state index contributed by atoms with van der Waals surface area (Å²) >= 11 is 6.36. The molecule has 7 nitrogen and oxygen atoms in total. The molecule has 0 aliphatic rings. The normalized spacial score (nSPS) is 13.0. The predicted molar refractivity (Wildman–Crippen MR) is 176 cm³/mol. The van der Waals surface area contributed by atoms with Gasteiger partial charge in [0.15, 0.2) is 0 Å². The molecule has 248 valence electrons. The highest BCUT2D eigenvalue weighted by molar-refractivity contribution is 7.92. The summed E-state index contributed by atoms with van der Waals surface area (Å²) in [4.78, 5) is 29.3. The molecule has 4 aromatic rings. The van der Waals surface area contributed by atoms with E-state index < -0.39 is 51.9 Å². The van der Waals surface area contributed by atoms with Crippen LogP contribution in [-0.2, 0) is 38.8 Å². The number of halogens is 4. The van der Waals surface area contributed by atoms with Crippen LogP contribution in [0.2, 0.25) is 5.02 Å². The second kappa shape index (κ2) is 15.5. The Kier molecular flexibility index (Phi) is 11.7. The maximum Gasteiger partial charge on any atom is 0.416 e. The Labute approximate surface area is 278 Å². The Balaban J connectivity index is 1.86. The first kappa shape index (κ1) is 35.5. The minimum atomic E-state index is -4.82. The van der Waals surface area contributed by atoms with Gasteiger partial charge < -0.3 is 10.2 Å². The second-order valence-corrected chi connectivity index (χ2v) is 13.3. The molecule has 0 aromatic heterocycles. The molecule has 0 saturated heterocycles. The first-order valence-corrected chi connectivity index (χ1v) is 16.7. The Morgan fingerprint density at radius 1 is 0.851 bits per heavy atom. The lowest BCUT2D eigenvalue weighted by Crippen LogP contribution is -2.54. The summed E-state index contributed by atoms with van der Waals surface area (Å²) in [6.45, 7) is 2.70. The number of nitrogens with one attached hydrogen (secondary N) is 1. The zero-order chi connectivity index (χ0) is 34.2. The Hall–Kier alpha value is -4.35. The summed E-state index contributed by atoms with van der Waals surface area (Å²) in [7, 11) is -4.63. The molecule has 0 spiro atoms. The van der Waals surface area contributed by atoms with Gasteiger partial charge >= 0.3 is 6.18 Å². The molecule has 0 fully saturated rings. The maximum atomic E-state index is 14.5. The molecule has 12 heteroatoms. The van der Waals surface area contributed by atoms with E-state index in [9.17, 15) is 31.2 Å². The minimum absolute atomic E-state index is 0.0827. The van der Waals surface area contributed by atoms with Gasteiger partial charge in [0, 0.05) is 19.0 Å². The van der Waals surface area contributed by atoms with Crippen molar-refractivity contribution in [2.45, 2.75) is 56.4 Å². The van der Waals surface area contributed by atoms with Crippen molar-refractivity contribution in [1.82, 2.24) is 10.2 Å². The molecule has 4 rings (SSSR count). The summed E-state index contributed by atoms with van der Waals surface area (Å²) < 4.78 is 70.2. The number of nitrogens with zero attached hydrogens (tertiary/aromatic N) is 2. The van der Waals surface area contributed by atoms with Crippen molar-refractivity contribution < 1.29 is 31.2 Å². The van der Waals surface area contributed by atoms with Crippen LogP contribution >= 0.6 is 11.6 Å². The smallest absolute Gasteiger partial charge is 0.352 e. The van der Waals surface area contributed by atoms with Crippen molar-refractivity contribution in [2.75, 3.05) is 10.8 Å². The van der Waals surface area contributed by atoms with Crippen molar-refractivity contribution in [3.05, 3.63) is 131 Å². The zero-order valence-electron chi connectivity index (χ0n) is 25.8. The third kappa shape index (κ3) is 9.14. The molecule has 0 radical (unpaired) electrons. The molecular formula is C35H35ClF3N3O4S. The van der Waals surface area contributed by atoms with Crippen LogP contribution in [0.1, 0.15) is 37.0 Å². The number of hydrogen-bond donors (Lipinski definition) is 1. The number of hydrogen-bond acceptors (Lipinski definition) is 4. The van der Waals surface area contributed by atoms with Gasteiger partial charge in [0.25, 0.3) is 10.0 Å². The molecule has 2 amide bonds. The summed E-state index contributed by atoms with van der Waals surface area (Å²) in [6.07, 6.45) is -4.11. The Bertz CT molecular complexity index is 1760. The Morgan fingerprint density at radius 2 is 1.40 bits per heavy atom. The zero-order valence-corrected chi connectivity index (χ0v) is 27.4. The van der Waals surface area contributed by atoms with E-state index in [1.54, 1.807) is 48.5 Å². The number of rotatable bonds is 13. The highest BCUT2D eigenvalue weighted by atomic mass is 35.5. The fourth-order valence-corrected chi connectivity index (χ4v) is 6.60. The lowest BCUT2D eigenvalue weighted by Gasteiger charge is -2.34. The third-order valence-corrected chi connectivity index (χ3v) is 9.71. The molecule has 47 heavy (non-hydrogen) atoms. The minimum Gasteiger partial charge on any atom is -0.352 e. The number of benzene rings is 4. The monoisotopic (exact) mass is 685 g/mol. The van der Waals surface area contributed by atoms with Crippen molar-refractivity contribution in [3.63, 3.8) is 0 Å². The van der Waals surface area contributed by atoms with E-state index in [1.165, 1.54) is 29.2 Å². The van der Waals surface area contributed by atoms with Gasteiger partial charge in [0.05, 0.1) is 21.2 Å². The van der Waals surface area contributed by atoms with Crippen LogP contribution in [0, 0.1) is 0 Å². The van der Waals surface area contributed by atoms with Gasteiger partial charge in [-0.15, -0.1) is 0 Å². The van der Waals surface area contributed by atoms with Gasteiger partial charge in [-0.3, -0.25) is 13.9 Å². The SMILES string of the molecule is CC[C@@H](C)NC(=O)[C@H](Cc1ccccc1)N(Cc1ccccc1)C(=O)CN(c1cc(C(F)(F)F)ccc1Cl)S(=O)(=O)c1ccccc1. The number of amides is 2. The molecule has 4 aromatic carbocycles. The van der Waals surface area contributed by atoms with E-state index >= 15 is 0 Å². The quantitative estimate of drug-likeness (QED) is 0.163. The standard InChI is InChI=1S/C35H35ClF3N3O4S/c1-3-25(2)40-34(44)32(21-26-13-7-4-8-14-26)41(23-27-15-9-5-10-16-27)33(43)24-42(47(45,46)29-17-11-6-12-18-29)31-22-28(35(37,38)39)19-20-30(31)36/h4-20,22,25,32H,3,21,23-24H2,1-2H3,(H,40,44)/t25-,32+/m1/s1. The van der Waals surface area contributed by atoms with E-state index in [-0.39, 0.29) is 28.9 Å². The van der Waals surface area contributed by atoms with Crippen LogP contribution in [0.4, 0.5) is 18.9 Å². The van der Waals surface area contributed by atoms with E-state index in [0.29, 0.717) is 22.4 Å². The van der Waals surface area contributed by atoms with E-state index in [0.717, 1.165) is 17.7 Å². The van der Waals surface area contributed by atoms with Crippen molar-refractivity contribution in [3.8, 4) is 0 Å². The maximum absolute atomic E-state index is 14.5. The van der Waals surface area contributed by atoms with Crippen molar-refractivity contribution in [2.24, 2.45) is 0 Å². The van der Waals surface area contributed by atoms with E-state index in [2.05, 4.69) is 5.32 Å². The molecule has 0 aliphatic heterocycles. The molecule has 0 unspecified atom stereocenters. The number of carbonyl (C=O) groups is 2. The average molecular weight is 686 g/mol. The topological polar surface area (TPSA) is 86.8 Å². The second-order valence-electron chi connectivity index (χ2n) is 11.0. The van der Waals surface area contributed by atoms with Crippen LogP contribution in [0.25, 0.3) is 0 Å². The first-order valence-electron chi connectivity index (χ1n) is 14.9. The molecule has 1 N–H and O–H groups in total. The fraction of sp³-hybridized carbons (Fsp3) is 0.257. The van der Waals surface area contributed by atoms with Crippen molar-refractivity contribution in [1.29, 1.82) is 0 Å². The summed E-state index contributed by atoms with van der Waals surface area (Å²) in [5.41, 5.74) is -0.266. The van der Waals surface area contributed by atoms with Gasteiger partial charge in [-0.1, -0.05) is 97.4 Å². The molecule has 2 atom stereocenters. The van der Waals surface area contributed by atoms with Gasteiger partial charge in [0.2, 0.25) is 11.8 Å². The van der Waals surface area contributed by atoms with Crippen LogP contribution in [-0.4, -0.2) is 43.8 Å². The van der Waals surface area contributed by atoms with E-state index in [1.807, 2.05) is 32.0 Å². The van der Waals surface area contributed by atoms with Gasteiger partial charge in [-0.2, -0.15) is 13.2 Å². The highest BCUT2D eigenvalue weighted by Gasteiger charge is 2.37. The van der Waals surface area contributed by atoms with Crippen LogP contribution in [0.15, 0.2) is 114 Å². The molecule has 0 bridgehead atoms. The number of alkyl halides is 3. The predicted octanol–water partition coefficient (Wildman–Crippen LogP) is 7.11. The first-order chi connectivity index (χ1) is 22.3. The largest absolute Gasteiger partial charge is 0.416 e. The fourth-order valence-electron chi connectivity index (χ4n) is 4.89. The molecule has 0 heterocycles. The number of sulfonamides is 1. The Morgan fingerprint density at radius 3 is 1.96 bits per heavy atom. The van der Waals surface area contributed by atoms with Crippen LogP contribution in [0.3, 0.4) is 0 Å². The summed E-state index contributed by atoms with van der Waals surface area (Å²) in [6, 6.07) is 25.8. The number of carbonyl (C=O) groups excluding carboxylic acids is 2. The lowest BCUT2D eigenvalue weighted by molar-refractivity contribution is -0.140. The van der Waals surface area contributed by atoms with Crippen LogP contribution < -0.4 is 9.62 Å². The van der Waals surface area contributed by atoms with Gasteiger partial charge in [-0.25, -0.2) is 8.42 Å². The van der Waals surface area contributed by atoms with Gasteiger partial charge in [0.1, 0.15) is 12.6 Å². The summed E-state index contributed by atoms with van der Waals surface area (Å²) in [5.74, 6) is -1.27.